The highest BCUT2D eigenvalue weighted by Crippen LogP contribution is 2.16. The molecule has 0 amide bonds. The van der Waals surface area contributed by atoms with Crippen molar-refractivity contribution in [3.05, 3.63) is 57.6 Å². The molecule has 0 bridgehead atoms. The Bertz CT molecular complexity index is 960. The average molecular weight is 378 g/mol. The van der Waals surface area contributed by atoms with Crippen molar-refractivity contribution in [3.63, 3.8) is 0 Å². The summed E-state index contributed by atoms with van der Waals surface area (Å²) < 4.78 is 29.6. The zero-order valence-electron chi connectivity index (χ0n) is 14.9. The van der Waals surface area contributed by atoms with Crippen molar-refractivity contribution in [2.75, 3.05) is 0 Å². The summed E-state index contributed by atoms with van der Waals surface area (Å²) >= 11 is 0. The lowest BCUT2D eigenvalue weighted by Crippen LogP contribution is -2.22. The molecular weight excluding hydrogens is 356 g/mol. The van der Waals surface area contributed by atoms with Crippen LogP contribution in [-0.4, -0.2) is 19.2 Å². The van der Waals surface area contributed by atoms with E-state index < -0.39 is 15.6 Å². The zero-order valence-corrected chi connectivity index (χ0v) is 15.8. The second-order valence-corrected chi connectivity index (χ2v) is 7.61. The lowest BCUT2D eigenvalue weighted by atomic mass is 10.1. The summed E-state index contributed by atoms with van der Waals surface area (Å²) in [7, 11) is -3.89. The van der Waals surface area contributed by atoms with Crippen LogP contribution < -0.4 is 10.5 Å². The summed E-state index contributed by atoms with van der Waals surface area (Å²) in [6.45, 7) is 5.01. The van der Waals surface area contributed by atoms with Gasteiger partial charge in [0.1, 0.15) is 17.1 Å². The van der Waals surface area contributed by atoms with Gasteiger partial charge in [-0.25, -0.2) is 4.79 Å². The van der Waals surface area contributed by atoms with Gasteiger partial charge < -0.3 is 9.52 Å². The van der Waals surface area contributed by atoms with Crippen LogP contribution in [0, 0.1) is 6.92 Å². The maximum Gasteiger partial charge on any atom is 0.348 e. The monoisotopic (exact) mass is 378 g/mol. The molecule has 0 fully saturated rings. The number of hydrazone groups is 1. The number of benzene rings is 1. The Hall–Kier alpha value is -2.61. The Morgan fingerprint density at radius 2 is 1.92 bits per heavy atom. The number of nitrogens with zero attached hydrogens (tertiary/aromatic N) is 1. The Kier molecular flexibility index (Phi) is 6.20. The normalized spacial score (nSPS) is 12.2. The second-order valence-electron chi connectivity index (χ2n) is 5.94. The molecule has 0 aliphatic heterocycles. The topological polar surface area (TPSA) is 109 Å². The van der Waals surface area contributed by atoms with E-state index in [-0.39, 0.29) is 27.7 Å². The van der Waals surface area contributed by atoms with Crippen LogP contribution in [0.15, 0.2) is 49.5 Å². The number of hydrogen-bond acceptors (Lipinski definition) is 6. The fraction of sp³-hybridized carbons (Fsp3) is 0.333. The molecule has 0 atom stereocenters. The molecule has 26 heavy (non-hydrogen) atoms. The van der Waals surface area contributed by atoms with Crippen LogP contribution in [0.5, 0.6) is 5.75 Å². The van der Waals surface area contributed by atoms with E-state index in [1.165, 1.54) is 32.0 Å². The predicted octanol–water partition coefficient (Wildman–Crippen LogP) is 2.70. The summed E-state index contributed by atoms with van der Waals surface area (Å²) in [4.78, 5) is 14.0. The largest absolute Gasteiger partial charge is 0.507 e. The van der Waals surface area contributed by atoms with Crippen LogP contribution in [0.1, 0.15) is 43.6 Å². The first-order valence-corrected chi connectivity index (χ1v) is 9.72. The van der Waals surface area contributed by atoms with Gasteiger partial charge in [-0.1, -0.05) is 25.5 Å². The number of nitrogens with one attached hydrogen (secondary N) is 1. The van der Waals surface area contributed by atoms with E-state index in [4.69, 9.17) is 4.42 Å². The van der Waals surface area contributed by atoms with E-state index in [0.717, 1.165) is 24.8 Å². The molecule has 0 unspecified atom stereocenters. The van der Waals surface area contributed by atoms with Gasteiger partial charge in [-0.2, -0.15) is 18.4 Å². The minimum Gasteiger partial charge on any atom is -0.507 e. The fourth-order valence-corrected chi connectivity index (χ4v) is 3.24. The minimum atomic E-state index is -3.89. The molecule has 0 radical (unpaired) electrons. The third-order valence-corrected chi connectivity index (χ3v) is 5.03. The molecule has 0 aliphatic carbocycles. The highest BCUT2D eigenvalue weighted by atomic mass is 32.2. The van der Waals surface area contributed by atoms with E-state index in [1.807, 2.05) is 0 Å². The van der Waals surface area contributed by atoms with Crippen LogP contribution >= 0.6 is 0 Å². The van der Waals surface area contributed by atoms with Crippen LogP contribution in [-0.2, 0) is 16.4 Å². The first-order valence-electron chi connectivity index (χ1n) is 8.23. The lowest BCUT2D eigenvalue weighted by Gasteiger charge is -2.07. The molecule has 0 saturated carbocycles. The number of sulfonamides is 1. The molecule has 2 N–H and O–H groups in total. The molecule has 0 spiro atoms. The number of aryl methyl sites for hydroxylation is 2. The SMILES string of the molecule is CCCCc1ccc(S(=O)(=O)NN=C(C)c2c(O)cc(C)oc2=O)cc1. The summed E-state index contributed by atoms with van der Waals surface area (Å²) in [6, 6.07) is 7.81. The highest BCUT2D eigenvalue weighted by Gasteiger charge is 2.16. The molecule has 7 nitrogen and oxygen atoms in total. The van der Waals surface area contributed by atoms with Gasteiger partial charge in [0.15, 0.2) is 0 Å². The zero-order chi connectivity index (χ0) is 19.3. The average Bonchev–Trinajstić information content (AvgIpc) is 2.57. The quantitative estimate of drug-likeness (QED) is 0.569. The van der Waals surface area contributed by atoms with Crippen molar-refractivity contribution in [1.82, 2.24) is 4.83 Å². The van der Waals surface area contributed by atoms with Crippen LogP contribution in [0.25, 0.3) is 0 Å². The van der Waals surface area contributed by atoms with E-state index >= 15 is 0 Å². The van der Waals surface area contributed by atoms with E-state index in [2.05, 4.69) is 16.9 Å². The van der Waals surface area contributed by atoms with Crippen LogP contribution in [0.2, 0.25) is 0 Å². The van der Waals surface area contributed by atoms with Crippen molar-refractivity contribution in [2.45, 2.75) is 44.9 Å². The number of aromatic hydroxyl groups is 1. The predicted molar refractivity (Wildman–Crippen MR) is 99.0 cm³/mol. The molecule has 1 aromatic carbocycles. The Labute approximate surface area is 152 Å². The van der Waals surface area contributed by atoms with Crippen LogP contribution in [0.3, 0.4) is 0 Å². The highest BCUT2D eigenvalue weighted by molar-refractivity contribution is 7.89. The molecule has 1 aromatic heterocycles. The first-order chi connectivity index (χ1) is 12.2. The van der Waals surface area contributed by atoms with Gasteiger partial charge in [-0.05, 0) is 44.4 Å². The Morgan fingerprint density at radius 1 is 1.27 bits per heavy atom. The molecular formula is C18H22N2O5S. The number of rotatable bonds is 7. The van der Waals surface area contributed by atoms with E-state index in [9.17, 15) is 18.3 Å². The second kappa shape index (κ2) is 8.18. The smallest absolute Gasteiger partial charge is 0.348 e. The minimum absolute atomic E-state index is 0.000564. The summed E-state index contributed by atoms with van der Waals surface area (Å²) in [5, 5.41) is 13.6. The Morgan fingerprint density at radius 3 is 2.50 bits per heavy atom. The standard InChI is InChI=1S/C18H22N2O5S/c1-4-5-6-14-7-9-15(10-8-14)26(23,24)20-19-13(3)17-16(21)11-12(2)25-18(17)22/h7-11,20-21H,4-6H2,1-3H3. The molecule has 0 aliphatic rings. The summed E-state index contributed by atoms with van der Waals surface area (Å²) in [5.74, 6) is -0.0766. The maximum absolute atomic E-state index is 12.3. The fourth-order valence-electron chi connectivity index (χ4n) is 2.38. The van der Waals surface area contributed by atoms with Gasteiger partial charge in [-0.15, -0.1) is 0 Å². The number of hydrogen-bond donors (Lipinski definition) is 2. The van der Waals surface area contributed by atoms with Gasteiger partial charge in [0, 0.05) is 6.07 Å². The third kappa shape index (κ3) is 4.72. The molecule has 0 saturated heterocycles. The van der Waals surface area contributed by atoms with Gasteiger partial charge in [-0.3, -0.25) is 0 Å². The van der Waals surface area contributed by atoms with Crippen molar-refractivity contribution < 1.29 is 17.9 Å². The molecule has 140 valence electrons. The van der Waals surface area contributed by atoms with E-state index in [1.54, 1.807) is 12.1 Å². The molecule has 2 rings (SSSR count). The lowest BCUT2D eigenvalue weighted by molar-refractivity contribution is 0.432. The third-order valence-electron chi connectivity index (χ3n) is 3.80. The first kappa shape index (κ1) is 19.7. The van der Waals surface area contributed by atoms with Gasteiger partial charge in [0.25, 0.3) is 10.0 Å². The Balaban J connectivity index is 2.21. The summed E-state index contributed by atoms with van der Waals surface area (Å²) in [6.07, 6.45) is 3.00. The van der Waals surface area contributed by atoms with Gasteiger partial charge in [0.2, 0.25) is 0 Å². The molecule has 1 heterocycles. The van der Waals surface area contributed by atoms with Crippen molar-refractivity contribution in [2.24, 2.45) is 5.10 Å². The van der Waals surface area contributed by atoms with Crippen molar-refractivity contribution in [1.29, 1.82) is 0 Å². The molecule has 8 heteroatoms. The summed E-state index contributed by atoms with van der Waals surface area (Å²) in [5.41, 5.74) is 0.0866. The van der Waals surface area contributed by atoms with Gasteiger partial charge in [0.05, 0.1) is 10.6 Å². The van der Waals surface area contributed by atoms with E-state index in [0.29, 0.717) is 0 Å². The maximum atomic E-state index is 12.3. The number of unbranched alkanes of at least 4 members (excludes halogenated alkanes) is 1. The molecule has 2 aromatic rings. The van der Waals surface area contributed by atoms with Crippen molar-refractivity contribution in [3.8, 4) is 5.75 Å². The van der Waals surface area contributed by atoms with Gasteiger partial charge >= 0.3 is 5.63 Å². The van der Waals surface area contributed by atoms with Crippen LogP contribution in [0.4, 0.5) is 0 Å². The van der Waals surface area contributed by atoms with Crippen molar-refractivity contribution >= 4 is 15.7 Å².